The maximum absolute atomic E-state index is 13.5. The first-order chi connectivity index (χ1) is 15.2. The Morgan fingerprint density at radius 3 is 2.15 bits per heavy atom. The lowest BCUT2D eigenvalue weighted by Gasteiger charge is -2.33. The molecule has 3 amide bonds. The number of terminal acetylenes is 1. The number of carbonyl (C=O) groups is 3. The Bertz CT molecular complexity index is 864. The van der Waals surface area contributed by atoms with Crippen molar-refractivity contribution in [2.24, 2.45) is 0 Å². The summed E-state index contributed by atoms with van der Waals surface area (Å²) in [5.41, 5.74) is 0.0989. The van der Waals surface area contributed by atoms with Crippen LogP contribution in [0, 0.1) is 12.3 Å². The Kier molecular flexibility index (Phi) is 10.3. The van der Waals surface area contributed by atoms with Gasteiger partial charge in [0.25, 0.3) is 0 Å². The maximum atomic E-state index is 13.5. The summed E-state index contributed by atoms with van der Waals surface area (Å²) in [6.07, 6.45) is 7.10. The van der Waals surface area contributed by atoms with E-state index in [-0.39, 0.29) is 11.8 Å². The van der Waals surface area contributed by atoms with E-state index in [1.54, 1.807) is 63.8 Å². The standard InChI is InChI=1S/C25H37N3O4S/c1-10-17-11-13-18(14-12-17)20(21(29)27-24(2,3)4)28(8)22(30)19(15-16-33-9)26-23(31)32-25(5,6)7/h1,11-14,19-20H,15-16H2,2-9H3,(H,26,31)(H,27,29). The Balaban J connectivity index is 3.27. The molecule has 1 aromatic carbocycles. The SMILES string of the molecule is C#Cc1ccc(C(C(=O)NC(C)(C)C)N(C)C(=O)C(CCSC)NC(=O)OC(C)(C)C)cc1. The number of hydrogen-bond acceptors (Lipinski definition) is 5. The van der Waals surface area contributed by atoms with Crippen molar-refractivity contribution in [1.82, 2.24) is 15.5 Å². The molecule has 0 aliphatic heterocycles. The number of thioether (sulfide) groups is 1. The van der Waals surface area contributed by atoms with Crippen LogP contribution in [-0.2, 0) is 14.3 Å². The van der Waals surface area contributed by atoms with Gasteiger partial charge in [0, 0.05) is 18.2 Å². The molecule has 0 heterocycles. The minimum absolute atomic E-state index is 0.326. The number of benzene rings is 1. The molecular weight excluding hydrogens is 438 g/mol. The molecule has 1 aromatic rings. The molecule has 0 bridgehead atoms. The Labute approximate surface area is 202 Å². The summed E-state index contributed by atoms with van der Waals surface area (Å²) in [6, 6.07) is 5.20. The molecule has 7 nitrogen and oxygen atoms in total. The van der Waals surface area contributed by atoms with Crippen LogP contribution in [0.3, 0.4) is 0 Å². The van der Waals surface area contributed by atoms with E-state index < -0.39 is 29.3 Å². The van der Waals surface area contributed by atoms with Crippen molar-refractivity contribution in [3.63, 3.8) is 0 Å². The first-order valence-corrected chi connectivity index (χ1v) is 12.2. The van der Waals surface area contributed by atoms with Gasteiger partial charge in [0.1, 0.15) is 17.7 Å². The third kappa shape index (κ3) is 9.79. The summed E-state index contributed by atoms with van der Waals surface area (Å²) in [7, 11) is 1.56. The zero-order valence-corrected chi connectivity index (χ0v) is 21.8. The molecule has 182 valence electrons. The molecule has 8 heteroatoms. The van der Waals surface area contributed by atoms with E-state index >= 15 is 0 Å². The number of carbonyl (C=O) groups excluding carboxylic acids is 3. The zero-order valence-electron chi connectivity index (χ0n) is 20.9. The van der Waals surface area contributed by atoms with Crippen LogP contribution in [0.4, 0.5) is 4.79 Å². The van der Waals surface area contributed by atoms with Gasteiger partial charge in [-0.25, -0.2) is 4.79 Å². The van der Waals surface area contributed by atoms with E-state index in [0.29, 0.717) is 23.3 Å². The highest BCUT2D eigenvalue weighted by molar-refractivity contribution is 7.98. The van der Waals surface area contributed by atoms with Crippen molar-refractivity contribution in [3.05, 3.63) is 35.4 Å². The summed E-state index contributed by atoms with van der Waals surface area (Å²) < 4.78 is 5.34. The number of likely N-dealkylation sites (N-methyl/N-ethyl adjacent to an activating group) is 1. The summed E-state index contributed by atoms with van der Waals surface area (Å²) in [4.78, 5) is 40.5. The quantitative estimate of drug-likeness (QED) is 0.560. The van der Waals surface area contributed by atoms with Gasteiger partial charge < -0.3 is 20.3 Å². The van der Waals surface area contributed by atoms with Crippen LogP contribution in [-0.4, -0.2) is 59.0 Å². The number of hydrogen-bond donors (Lipinski definition) is 2. The highest BCUT2D eigenvalue weighted by Crippen LogP contribution is 2.23. The van der Waals surface area contributed by atoms with Crippen LogP contribution in [0.1, 0.15) is 65.1 Å². The molecule has 0 aromatic heterocycles. The van der Waals surface area contributed by atoms with E-state index in [2.05, 4.69) is 16.6 Å². The van der Waals surface area contributed by atoms with Crippen molar-refractivity contribution < 1.29 is 19.1 Å². The number of amides is 3. The highest BCUT2D eigenvalue weighted by atomic mass is 32.2. The molecule has 0 saturated heterocycles. The lowest BCUT2D eigenvalue weighted by molar-refractivity contribution is -0.141. The van der Waals surface area contributed by atoms with Gasteiger partial charge in [-0.15, -0.1) is 6.42 Å². The molecule has 0 saturated carbocycles. The van der Waals surface area contributed by atoms with Crippen LogP contribution in [0.2, 0.25) is 0 Å². The van der Waals surface area contributed by atoms with E-state index in [9.17, 15) is 14.4 Å². The number of ether oxygens (including phenoxy) is 1. The highest BCUT2D eigenvalue weighted by Gasteiger charge is 2.35. The van der Waals surface area contributed by atoms with E-state index in [0.717, 1.165) is 0 Å². The molecule has 2 N–H and O–H groups in total. The average molecular weight is 476 g/mol. The number of nitrogens with one attached hydrogen (secondary N) is 2. The van der Waals surface area contributed by atoms with Crippen molar-refractivity contribution >= 4 is 29.7 Å². The monoisotopic (exact) mass is 475 g/mol. The summed E-state index contributed by atoms with van der Waals surface area (Å²) in [5.74, 6) is 2.49. The second-order valence-corrected chi connectivity index (χ2v) is 10.8. The van der Waals surface area contributed by atoms with E-state index in [1.807, 2.05) is 27.0 Å². The number of nitrogens with zero attached hydrogens (tertiary/aromatic N) is 1. The predicted octanol–water partition coefficient (Wildman–Crippen LogP) is 3.73. The molecule has 2 unspecified atom stereocenters. The van der Waals surface area contributed by atoms with E-state index in [4.69, 9.17) is 11.2 Å². The maximum Gasteiger partial charge on any atom is 0.408 e. The smallest absolute Gasteiger partial charge is 0.408 e. The van der Waals surface area contributed by atoms with Gasteiger partial charge >= 0.3 is 6.09 Å². The van der Waals surface area contributed by atoms with Crippen LogP contribution in [0.25, 0.3) is 0 Å². The lowest BCUT2D eigenvalue weighted by atomic mass is 10.00. The topological polar surface area (TPSA) is 87.7 Å². The van der Waals surface area contributed by atoms with Crippen molar-refractivity contribution in [3.8, 4) is 12.3 Å². The minimum Gasteiger partial charge on any atom is -0.444 e. The molecule has 0 fully saturated rings. The molecule has 0 aliphatic rings. The van der Waals surface area contributed by atoms with Crippen molar-refractivity contribution in [1.29, 1.82) is 0 Å². The molecule has 33 heavy (non-hydrogen) atoms. The van der Waals surface area contributed by atoms with Gasteiger partial charge in [-0.2, -0.15) is 11.8 Å². The summed E-state index contributed by atoms with van der Waals surface area (Å²) in [6.45, 7) is 10.9. The van der Waals surface area contributed by atoms with Crippen LogP contribution >= 0.6 is 11.8 Å². The first-order valence-electron chi connectivity index (χ1n) is 10.8. The fourth-order valence-electron chi connectivity index (χ4n) is 3.07. The van der Waals surface area contributed by atoms with Crippen molar-refractivity contribution in [2.45, 2.75) is 71.2 Å². The largest absolute Gasteiger partial charge is 0.444 e. The third-order valence-electron chi connectivity index (χ3n) is 4.47. The van der Waals surface area contributed by atoms with Crippen LogP contribution < -0.4 is 10.6 Å². The van der Waals surface area contributed by atoms with Gasteiger partial charge in [-0.05, 0) is 77.7 Å². The Morgan fingerprint density at radius 2 is 1.70 bits per heavy atom. The summed E-state index contributed by atoms with van der Waals surface area (Å²) >= 11 is 1.56. The second kappa shape index (κ2) is 12.0. The van der Waals surface area contributed by atoms with Gasteiger partial charge in [-0.1, -0.05) is 18.1 Å². The predicted molar refractivity (Wildman–Crippen MR) is 134 cm³/mol. The van der Waals surface area contributed by atoms with E-state index in [1.165, 1.54) is 4.90 Å². The van der Waals surface area contributed by atoms with Gasteiger partial charge in [0.05, 0.1) is 0 Å². The number of alkyl carbamates (subject to hydrolysis) is 1. The Morgan fingerprint density at radius 1 is 1.12 bits per heavy atom. The van der Waals surface area contributed by atoms with Crippen LogP contribution in [0.15, 0.2) is 24.3 Å². The molecule has 0 spiro atoms. The van der Waals surface area contributed by atoms with Gasteiger partial charge in [0.2, 0.25) is 11.8 Å². The molecular formula is C25H37N3O4S. The molecule has 0 radical (unpaired) electrons. The minimum atomic E-state index is -0.902. The lowest BCUT2D eigenvalue weighted by Crippen LogP contribution is -2.53. The normalized spacial score (nSPS) is 13.3. The molecule has 2 atom stereocenters. The molecule has 1 rings (SSSR count). The fraction of sp³-hybridized carbons (Fsp3) is 0.560. The van der Waals surface area contributed by atoms with Gasteiger partial charge in [0.15, 0.2) is 0 Å². The Hall–Kier alpha value is -2.66. The summed E-state index contributed by atoms with van der Waals surface area (Å²) in [5, 5.41) is 5.62. The molecule has 0 aliphatic carbocycles. The van der Waals surface area contributed by atoms with Crippen molar-refractivity contribution in [2.75, 3.05) is 19.1 Å². The zero-order chi connectivity index (χ0) is 25.4. The van der Waals surface area contributed by atoms with Gasteiger partial charge in [-0.3, -0.25) is 9.59 Å². The fourth-order valence-corrected chi connectivity index (χ4v) is 3.54. The number of rotatable bonds is 8. The average Bonchev–Trinajstić information content (AvgIpc) is 2.68. The van der Waals surface area contributed by atoms with Crippen LogP contribution in [0.5, 0.6) is 0 Å². The first kappa shape index (κ1) is 28.4. The second-order valence-electron chi connectivity index (χ2n) is 9.84. The third-order valence-corrected chi connectivity index (χ3v) is 5.12.